The van der Waals surface area contributed by atoms with Gasteiger partial charge in [-0.25, -0.2) is 9.59 Å². The molecular formula is C9H4O5. The quantitative estimate of drug-likeness (QED) is 0.388. The van der Waals surface area contributed by atoms with Crippen LogP contribution in [0.15, 0.2) is 18.2 Å². The van der Waals surface area contributed by atoms with Gasteiger partial charge in [0.05, 0.1) is 11.1 Å². The van der Waals surface area contributed by atoms with Crippen molar-refractivity contribution in [3.8, 4) is 5.75 Å². The van der Waals surface area contributed by atoms with E-state index in [0.717, 1.165) is 0 Å². The molecule has 0 N–H and O–H groups in total. The number of ether oxygens (including phenoxy) is 2. The van der Waals surface area contributed by atoms with Gasteiger partial charge in [-0.1, -0.05) is 0 Å². The van der Waals surface area contributed by atoms with Gasteiger partial charge in [0.25, 0.3) is 6.47 Å². The normalized spacial score (nSPS) is 13.4. The lowest BCUT2D eigenvalue weighted by molar-refractivity contribution is -0.120. The van der Waals surface area contributed by atoms with Gasteiger partial charge in [-0.15, -0.1) is 0 Å². The Morgan fingerprint density at radius 1 is 1.14 bits per heavy atom. The van der Waals surface area contributed by atoms with Gasteiger partial charge < -0.3 is 9.47 Å². The monoisotopic (exact) mass is 192 g/mol. The predicted octanol–water partition coefficient (Wildman–Crippen LogP) is 0.532. The van der Waals surface area contributed by atoms with Crippen molar-refractivity contribution in [1.29, 1.82) is 0 Å². The molecule has 0 atom stereocenters. The molecule has 1 aliphatic rings. The second-order valence-corrected chi connectivity index (χ2v) is 2.60. The average Bonchev–Trinajstić information content (AvgIpc) is 2.43. The summed E-state index contributed by atoms with van der Waals surface area (Å²) in [6, 6.07) is 4.07. The minimum atomic E-state index is -0.721. The largest absolute Gasteiger partial charge is 0.429 e. The molecule has 2 rings (SSSR count). The predicted molar refractivity (Wildman–Crippen MR) is 42.9 cm³/mol. The van der Waals surface area contributed by atoms with Gasteiger partial charge in [0.1, 0.15) is 5.75 Å². The first-order valence-corrected chi connectivity index (χ1v) is 3.73. The Balaban J connectivity index is 2.49. The van der Waals surface area contributed by atoms with Crippen LogP contribution in [-0.4, -0.2) is 18.4 Å². The Hall–Kier alpha value is -2.17. The minimum absolute atomic E-state index is 0.120. The molecule has 0 unspecified atom stereocenters. The Labute approximate surface area is 78.2 Å². The summed E-state index contributed by atoms with van der Waals surface area (Å²) < 4.78 is 8.86. The van der Waals surface area contributed by atoms with Crippen molar-refractivity contribution in [2.75, 3.05) is 0 Å². The zero-order valence-electron chi connectivity index (χ0n) is 6.85. The zero-order valence-corrected chi connectivity index (χ0v) is 6.85. The number of hydrogen-bond acceptors (Lipinski definition) is 5. The third-order valence-corrected chi connectivity index (χ3v) is 1.80. The average molecular weight is 192 g/mol. The van der Waals surface area contributed by atoms with Gasteiger partial charge in [-0.2, -0.15) is 0 Å². The summed E-state index contributed by atoms with van der Waals surface area (Å²) in [5.74, 6) is -1.20. The Bertz CT molecular complexity index is 435. The molecule has 0 bridgehead atoms. The number of carbonyl (C=O) groups excluding carboxylic acids is 3. The van der Waals surface area contributed by atoms with Crippen molar-refractivity contribution in [3.05, 3.63) is 29.3 Å². The number of cyclic esters (lactones) is 2. The van der Waals surface area contributed by atoms with E-state index in [1.54, 1.807) is 0 Å². The molecule has 0 saturated heterocycles. The van der Waals surface area contributed by atoms with Crippen LogP contribution >= 0.6 is 0 Å². The van der Waals surface area contributed by atoms with Crippen molar-refractivity contribution in [2.24, 2.45) is 0 Å². The van der Waals surface area contributed by atoms with Crippen molar-refractivity contribution >= 4 is 18.4 Å². The maximum absolute atomic E-state index is 11.0. The lowest BCUT2D eigenvalue weighted by Gasteiger charge is -1.97. The van der Waals surface area contributed by atoms with E-state index in [4.69, 9.17) is 0 Å². The number of rotatable bonds is 2. The van der Waals surface area contributed by atoms with Crippen LogP contribution in [0.5, 0.6) is 5.75 Å². The number of esters is 2. The smallest absolute Gasteiger partial charge is 0.347 e. The maximum atomic E-state index is 11.0. The Kier molecular flexibility index (Phi) is 1.78. The molecule has 5 heteroatoms. The fraction of sp³-hybridized carbons (Fsp3) is 0. The first-order valence-electron chi connectivity index (χ1n) is 3.73. The molecule has 0 aliphatic carbocycles. The first kappa shape index (κ1) is 8.43. The van der Waals surface area contributed by atoms with E-state index >= 15 is 0 Å². The summed E-state index contributed by atoms with van der Waals surface area (Å²) in [6.07, 6.45) is 0. The van der Waals surface area contributed by atoms with Crippen LogP contribution in [0.4, 0.5) is 0 Å². The molecular weight excluding hydrogens is 188 g/mol. The molecule has 0 radical (unpaired) electrons. The van der Waals surface area contributed by atoms with E-state index in [-0.39, 0.29) is 23.3 Å². The maximum Gasteiger partial charge on any atom is 0.347 e. The molecule has 1 aromatic rings. The Morgan fingerprint density at radius 2 is 1.86 bits per heavy atom. The summed E-state index contributed by atoms with van der Waals surface area (Å²) >= 11 is 0. The summed E-state index contributed by atoms with van der Waals surface area (Å²) in [7, 11) is 0. The number of hydrogen-bond donors (Lipinski definition) is 0. The number of carbonyl (C=O) groups is 3. The van der Waals surface area contributed by atoms with Crippen LogP contribution in [0.3, 0.4) is 0 Å². The molecule has 1 aliphatic heterocycles. The highest BCUT2D eigenvalue weighted by Crippen LogP contribution is 2.24. The van der Waals surface area contributed by atoms with Gasteiger partial charge in [0.15, 0.2) is 0 Å². The molecule has 0 amide bonds. The van der Waals surface area contributed by atoms with Crippen molar-refractivity contribution in [3.63, 3.8) is 0 Å². The highest BCUT2D eigenvalue weighted by Gasteiger charge is 2.29. The van der Waals surface area contributed by atoms with Crippen LogP contribution in [0.1, 0.15) is 20.7 Å². The molecule has 14 heavy (non-hydrogen) atoms. The van der Waals surface area contributed by atoms with Gasteiger partial charge in [-0.3, -0.25) is 4.79 Å². The van der Waals surface area contributed by atoms with E-state index < -0.39 is 11.9 Å². The van der Waals surface area contributed by atoms with E-state index in [1.165, 1.54) is 18.2 Å². The van der Waals surface area contributed by atoms with E-state index in [2.05, 4.69) is 9.47 Å². The summed E-state index contributed by atoms with van der Waals surface area (Å²) in [4.78, 5) is 32.1. The second-order valence-electron chi connectivity index (χ2n) is 2.60. The van der Waals surface area contributed by atoms with Gasteiger partial charge in [-0.05, 0) is 18.2 Å². The fourth-order valence-corrected chi connectivity index (χ4v) is 1.19. The van der Waals surface area contributed by atoms with Gasteiger partial charge >= 0.3 is 11.9 Å². The fourth-order valence-electron chi connectivity index (χ4n) is 1.19. The summed E-state index contributed by atoms with van der Waals surface area (Å²) in [5.41, 5.74) is 0.308. The molecule has 70 valence electrons. The Morgan fingerprint density at radius 3 is 2.57 bits per heavy atom. The van der Waals surface area contributed by atoms with Crippen molar-refractivity contribution in [1.82, 2.24) is 0 Å². The topological polar surface area (TPSA) is 69.7 Å². The van der Waals surface area contributed by atoms with Crippen LogP contribution in [-0.2, 0) is 9.53 Å². The highest BCUT2D eigenvalue weighted by molar-refractivity contribution is 6.14. The molecule has 0 fully saturated rings. The lowest BCUT2D eigenvalue weighted by Crippen LogP contribution is -1.97. The number of fused-ring (bicyclic) bond motifs is 1. The second kappa shape index (κ2) is 2.95. The van der Waals surface area contributed by atoms with E-state index in [0.29, 0.717) is 0 Å². The molecule has 1 heterocycles. The summed E-state index contributed by atoms with van der Waals surface area (Å²) in [5, 5.41) is 0. The van der Waals surface area contributed by atoms with Gasteiger partial charge in [0.2, 0.25) is 0 Å². The summed E-state index contributed by atoms with van der Waals surface area (Å²) in [6.45, 7) is 0.240. The highest BCUT2D eigenvalue weighted by atomic mass is 16.6. The molecule has 0 spiro atoms. The standard InChI is InChI=1S/C9H4O5/c10-4-13-5-1-2-6-7(3-5)9(12)14-8(6)11/h1-4H. The lowest BCUT2D eigenvalue weighted by atomic mass is 10.1. The molecule has 5 nitrogen and oxygen atoms in total. The zero-order chi connectivity index (χ0) is 10.1. The van der Waals surface area contributed by atoms with Crippen LogP contribution in [0, 0.1) is 0 Å². The third-order valence-electron chi connectivity index (χ3n) is 1.80. The van der Waals surface area contributed by atoms with E-state index in [1.807, 2.05) is 0 Å². The van der Waals surface area contributed by atoms with E-state index in [9.17, 15) is 14.4 Å². The minimum Gasteiger partial charge on any atom is -0.429 e. The molecule has 1 aromatic carbocycles. The van der Waals surface area contributed by atoms with Crippen LogP contribution in [0.25, 0.3) is 0 Å². The molecule has 0 saturated carbocycles. The SMILES string of the molecule is O=COc1ccc2c(c1)C(=O)OC2=O. The first-order chi connectivity index (χ1) is 6.72. The van der Waals surface area contributed by atoms with Crippen LogP contribution in [0.2, 0.25) is 0 Å². The number of benzene rings is 1. The van der Waals surface area contributed by atoms with Crippen molar-refractivity contribution in [2.45, 2.75) is 0 Å². The third kappa shape index (κ3) is 1.15. The van der Waals surface area contributed by atoms with Crippen molar-refractivity contribution < 1.29 is 23.9 Å². The van der Waals surface area contributed by atoms with Gasteiger partial charge in [0, 0.05) is 0 Å². The molecule has 0 aromatic heterocycles. The van der Waals surface area contributed by atoms with Crippen LogP contribution < -0.4 is 4.74 Å².